The molecule has 29 heavy (non-hydrogen) atoms. The Labute approximate surface area is 174 Å². The third-order valence-electron chi connectivity index (χ3n) is 4.72. The molecule has 2 rings (SSSR count). The maximum Gasteiger partial charge on any atom is 0.242 e. The number of aryl methyl sites for hydroxylation is 2. The van der Waals surface area contributed by atoms with Gasteiger partial charge in [0.1, 0.15) is 11.8 Å². The molecule has 2 aromatic carbocycles. The lowest BCUT2D eigenvalue weighted by Gasteiger charge is -2.29. The van der Waals surface area contributed by atoms with Crippen molar-refractivity contribution in [1.82, 2.24) is 10.2 Å². The second-order valence-corrected chi connectivity index (χ2v) is 7.89. The summed E-state index contributed by atoms with van der Waals surface area (Å²) in [4.78, 5) is 27.5. The number of nitrogens with one attached hydrogen (secondary N) is 1. The van der Waals surface area contributed by atoms with Gasteiger partial charge in [-0.15, -0.1) is 0 Å². The van der Waals surface area contributed by atoms with Crippen LogP contribution in [0.2, 0.25) is 0 Å². The molecule has 1 atom stereocenters. The molecule has 0 aliphatic carbocycles. The van der Waals surface area contributed by atoms with E-state index in [-0.39, 0.29) is 24.3 Å². The normalized spacial score (nSPS) is 11.8. The van der Waals surface area contributed by atoms with Gasteiger partial charge < -0.3 is 15.0 Å². The van der Waals surface area contributed by atoms with E-state index in [2.05, 4.69) is 11.4 Å². The van der Waals surface area contributed by atoms with E-state index < -0.39 is 6.04 Å². The molecule has 5 heteroatoms. The summed E-state index contributed by atoms with van der Waals surface area (Å²) in [5.74, 6) is 0.490. The number of benzene rings is 2. The number of rotatable bonds is 8. The maximum absolute atomic E-state index is 13.2. The van der Waals surface area contributed by atoms with Gasteiger partial charge in [-0.2, -0.15) is 0 Å². The SMILES string of the molecule is COc1cccc(CN(C(=O)Cc2cc(C)cc(C)c2)[C@H](C)C(=O)NC(C)C)c1. The van der Waals surface area contributed by atoms with Crippen LogP contribution in [-0.2, 0) is 22.6 Å². The van der Waals surface area contributed by atoms with E-state index in [0.717, 1.165) is 28.0 Å². The Kier molecular flexibility index (Phi) is 7.82. The molecule has 0 saturated heterocycles. The lowest BCUT2D eigenvalue weighted by Crippen LogP contribution is -2.49. The summed E-state index contributed by atoms with van der Waals surface area (Å²) in [7, 11) is 1.61. The largest absolute Gasteiger partial charge is 0.497 e. The van der Waals surface area contributed by atoms with E-state index in [1.54, 1.807) is 18.9 Å². The van der Waals surface area contributed by atoms with E-state index in [4.69, 9.17) is 4.74 Å². The zero-order valence-electron chi connectivity index (χ0n) is 18.3. The van der Waals surface area contributed by atoms with Crippen molar-refractivity contribution in [3.8, 4) is 5.75 Å². The zero-order valence-corrected chi connectivity index (χ0v) is 18.3. The van der Waals surface area contributed by atoms with Crippen molar-refractivity contribution < 1.29 is 14.3 Å². The zero-order chi connectivity index (χ0) is 21.6. The van der Waals surface area contributed by atoms with E-state index in [9.17, 15) is 9.59 Å². The monoisotopic (exact) mass is 396 g/mol. The Morgan fingerprint density at radius 1 is 1.00 bits per heavy atom. The second kappa shape index (κ2) is 10.1. The Morgan fingerprint density at radius 2 is 1.66 bits per heavy atom. The molecule has 0 fully saturated rings. The number of hydrogen-bond acceptors (Lipinski definition) is 3. The van der Waals surface area contributed by atoms with Crippen LogP contribution in [0.3, 0.4) is 0 Å². The molecule has 0 bridgehead atoms. The fourth-order valence-corrected chi connectivity index (χ4v) is 3.40. The molecule has 0 saturated carbocycles. The van der Waals surface area contributed by atoms with Gasteiger partial charge in [0.2, 0.25) is 11.8 Å². The van der Waals surface area contributed by atoms with Crippen LogP contribution in [0, 0.1) is 13.8 Å². The van der Waals surface area contributed by atoms with E-state index in [1.807, 2.05) is 64.1 Å². The van der Waals surface area contributed by atoms with E-state index in [1.165, 1.54) is 0 Å². The highest BCUT2D eigenvalue weighted by atomic mass is 16.5. The van der Waals surface area contributed by atoms with Crippen molar-refractivity contribution in [2.45, 2.75) is 59.7 Å². The first kappa shape index (κ1) is 22.5. The molecule has 1 N–H and O–H groups in total. The van der Waals surface area contributed by atoms with Crippen molar-refractivity contribution in [1.29, 1.82) is 0 Å². The summed E-state index contributed by atoms with van der Waals surface area (Å²) < 4.78 is 5.30. The van der Waals surface area contributed by atoms with E-state index in [0.29, 0.717) is 6.54 Å². The topological polar surface area (TPSA) is 58.6 Å². The fourth-order valence-electron chi connectivity index (χ4n) is 3.40. The number of methoxy groups -OCH3 is 1. The number of nitrogens with zero attached hydrogens (tertiary/aromatic N) is 1. The lowest BCUT2D eigenvalue weighted by atomic mass is 10.0. The van der Waals surface area contributed by atoms with Crippen LogP contribution >= 0.6 is 0 Å². The first-order valence-electron chi connectivity index (χ1n) is 9.99. The maximum atomic E-state index is 13.2. The average molecular weight is 397 g/mol. The quantitative estimate of drug-likeness (QED) is 0.738. The molecule has 0 spiro atoms. The van der Waals surface area contributed by atoms with Crippen LogP contribution in [-0.4, -0.2) is 35.9 Å². The smallest absolute Gasteiger partial charge is 0.242 e. The lowest BCUT2D eigenvalue weighted by molar-refractivity contribution is -0.140. The van der Waals surface area contributed by atoms with Crippen LogP contribution < -0.4 is 10.1 Å². The Hall–Kier alpha value is -2.82. The molecule has 0 aliphatic heterocycles. The number of amides is 2. The van der Waals surface area contributed by atoms with Crippen LogP contribution in [0.1, 0.15) is 43.0 Å². The summed E-state index contributed by atoms with van der Waals surface area (Å²) >= 11 is 0. The van der Waals surface area contributed by atoms with Gasteiger partial charge >= 0.3 is 0 Å². The van der Waals surface area contributed by atoms with Gasteiger partial charge in [0.15, 0.2) is 0 Å². The van der Waals surface area contributed by atoms with Crippen molar-refractivity contribution in [2.75, 3.05) is 7.11 Å². The van der Waals surface area contributed by atoms with Gasteiger partial charge in [0.05, 0.1) is 13.5 Å². The fraction of sp³-hybridized carbons (Fsp3) is 0.417. The molecule has 0 unspecified atom stereocenters. The molecule has 0 aliphatic rings. The minimum atomic E-state index is -0.581. The van der Waals surface area contributed by atoms with Crippen molar-refractivity contribution in [2.24, 2.45) is 0 Å². The predicted octanol–water partition coefficient (Wildman–Crippen LogP) is 3.80. The first-order chi connectivity index (χ1) is 13.7. The predicted molar refractivity (Wildman–Crippen MR) is 116 cm³/mol. The minimum Gasteiger partial charge on any atom is -0.497 e. The molecule has 0 aromatic heterocycles. The Balaban J connectivity index is 2.28. The van der Waals surface area contributed by atoms with E-state index >= 15 is 0 Å². The average Bonchev–Trinajstić information content (AvgIpc) is 2.64. The van der Waals surface area contributed by atoms with Crippen LogP contribution in [0.25, 0.3) is 0 Å². The van der Waals surface area contributed by atoms with Crippen molar-refractivity contribution in [3.63, 3.8) is 0 Å². The Bertz CT molecular complexity index is 841. The van der Waals surface area contributed by atoms with Gasteiger partial charge in [-0.3, -0.25) is 9.59 Å². The molecule has 2 aromatic rings. The van der Waals surface area contributed by atoms with Gasteiger partial charge in [0, 0.05) is 12.6 Å². The summed E-state index contributed by atoms with van der Waals surface area (Å²) in [5.41, 5.74) is 4.12. The van der Waals surface area contributed by atoms with Gasteiger partial charge in [0.25, 0.3) is 0 Å². The second-order valence-electron chi connectivity index (χ2n) is 7.89. The third kappa shape index (κ3) is 6.63. The van der Waals surface area contributed by atoms with Crippen LogP contribution in [0.15, 0.2) is 42.5 Å². The number of carbonyl (C=O) groups is 2. The molecule has 156 valence electrons. The van der Waals surface area contributed by atoms with Crippen LogP contribution in [0.4, 0.5) is 0 Å². The summed E-state index contributed by atoms with van der Waals surface area (Å²) in [6.45, 7) is 9.98. The first-order valence-corrected chi connectivity index (χ1v) is 9.99. The van der Waals surface area contributed by atoms with Gasteiger partial charge in [-0.25, -0.2) is 0 Å². The van der Waals surface area contributed by atoms with Gasteiger partial charge in [-0.1, -0.05) is 41.5 Å². The van der Waals surface area contributed by atoms with Crippen molar-refractivity contribution >= 4 is 11.8 Å². The summed E-state index contributed by atoms with van der Waals surface area (Å²) in [5, 5.41) is 2.91. The molecule has 2 amide bonds. The summed E-state index contributed by atoms with van der Waals surface area (Å²) in [6, 6.07) is 13.1. The summed E-state index contributed by atoms with van der Waals surface area (Å²) in [6.07, 6.45) is 0.256. The molecular weight excluding hydrogens is 364 g/mol. The van der Waals surface area contributed by atoms with Crippen molar-refractivity contribution in [3.05, 3.63) is 64.7 Å². The van der Waals surface area contributed by atoms with Gasteiger partial charge in [-0.05, 0) is 57.9 Å². The highest BCUT2D eigenvalue weighted by molar-refractivity contribution is 5.88. The highest BCUT2D eigenvalue weighted by Gasteiger charge is 2.26. The van der Waals surface area contributed by atoms with Crippen LogP contribution in [0.5, 0.6) is 5.75 Å². The molecular formula is C24H32N2O3. The Morgan fingerprint density at radius 3 is 2.24 bits per heavy atom. The third-order valence-corrected chi connectivity index (χ3v) is 4.72. The molecule has 5 nitrogen and oxygen atoms in total. The number of ether oxygens (including phenoxy) is 1. The standard InChI is InChI=1S/C24H32N2O3/c1-16(2)25-24(28)19(5)26(15-20-8-7-9-22(13-20)29-6)23(27)14-21-11-17(3)10-18(4)12-21/h7-13,16,19H,14-15H2,1-6H3,(H,25,28)/t19-/m1/s1. The molecule has 0 heterocycles. The minimum absolute atomic E-state index is 0.0122. The highest BCUT2D eigenvalue weighted by Crippen LogP contribution is 2.18. The number of carbonyl (C=O) groups excluding carboxylic acids is 2. The molecule has 0 radical (unpaired) electrons. The number of hydrogen-bond donors (Lipinski definition) is 1.